The van der Waals surface area contributed by atoms with Gasteiger partial charge in [-0.25, -0.2) is 0 Å². The summed E-state index contributed by atoms with van der Waals surface area (Å²) in [7, 11) is 0. The van der Waals surface area contributed by atoms with Gasteiger partial charge in [0.2, 0.25) is 0 Å². The molecule has 0 fully saturated rings. The van der Waals surface area contributed by atoms with Gasteiger partial charge in [-0.15, -0.1) is 0 Å². The van der Waals surface area contributed by atoms with Crippen molar-refractivity contribution in [2.24, 2.45) is 0 Å². The average molecular weight is 318 g/mol. The molecule has 0 aliphatic heterocycles. The molecule has 0 aliphatic carbocycles. The number of nitrogens with one attached hydrogen (secondary N) is 1. The van der Waals surface area contributed by atoms with Crippen LogP contribution in [0.15, 0.2) is 48.5 Å². The van der Waals surface area contributed by atoms with Crippen LogP contribution in [0.5, 0.6) is 0 Å². The third kappa shape index (κ3) is 4.40. The second kappa shape index (κ2) is 7.91. The van der Waals surface area contributed by atoms with Gasteiger partial charge in [-0.3, -0.25) is 0 Å². The molecule has 6 heteroatoms. The summed E-state index contributed by atoms with van der Waals surface area (Å²) in [4.78, 5) is 11.2. The molecule has 0 amide bonds. The molecule has 0 radical (unpaired) electrons. The molecule has 20 heavy (non-hydrogen) atoms. The summed E-state index contributed by atoms with van der Waals surface area (Å²) in [5.74, 6) is -1.22. The largest absolute Gasteiger partial charge is 1.00 e. The second-order valence-corrected chi connectivity index (χ2v) is 4.77. The van der Waals surface area contributed by atoms with Crippen molar-refractivity contribution in [2.75, 3.05) is 5.32 Å². The van der Waals surface area contributed by atoms with Gasteiger partial charge in [-0.05, 0) is 23.8 Å². The number of hydrogen-bond donors (Lipinski definition) is 1. The van der Waals surface area contributed by atoms with Crippen LogP contribution in [0, 0.1) is 0 Å². The predicted octanol–water partition coefficient (Wildman–Crippen LogP) is -0.0995. The number of halogens is 2. The van der Waals surface area contributed by atoms with E-state index in [1.165, 1.54) is 0 Å². The van der Waals surface area contributed by atoms with E-state index in [9.17, 15) is 9.90 Å². The van der Waals surface area contributed by atoms with Gasteiger partial charge in [0.15, 0.2) is 0 Å². The third-order valence-electron chi connectivity index (χ3n) is 2.60. The summed E-state index contributed by atoms with van der Waals surface area (Å²) in [6.45, 7) is 0. The van der Waals surface area contributed by atoms with Crippen LogP contribution in [0.25, 0.3) is 0 Å². The number of carbonyl (C=O) groups is 1. The van der Waals surface area contributed by atoms with Crippen molar-refractivity contribution in [1.29, 1.82) is 0 Å². The van der Waals surface area contributed by atoms with E-state index in [0.717, 1.165) is 0 Å². The van der Waals surface area contributed by atoms with E-state index in [4.69, 9.17) is 23.2 Å². The molecular weight excluding hydrogens is 308 g/mol. The van der Waals surface area contributed by atoms with Crippen molar-refractivity contribution < 1.29 is 39.5 Å². The monoisotopic (exact) mass is 317 g/mol. The SMILES string of the molecule is O=C([O-])C(Nc1ccc(Cl)cc1Cl)c1ccccc1.[Na+]. The van der Waals surface area contributed by atoms with Crippen molar-refractivity contribution in [1.82, 2.24) is 0 Å². The van der Waals surface area contributed by atoms with Crippen molar-refractivity contribution >= 4 is 34.9 Å². The molecular formula is C14H10Cl2NNaO2. The average Bonchev–Trinajstić information content (AvgIpc) is 2.38. The molecule has 0 bridgehead atoms. The zero-order chi connectivity index (χ0) is 13.8. The summed E-state index contributed by atoms with van der Waals surface area (Å²) in [5.41, 5.74) is 1.08. The van der Waals surface area contributed by atoms with E-state index < -0.39 is 12.0 Å². The van der Waals surface area contributed by atoms with Crippen LogP contribution in [0.2, 0.25) is 10.0 Å². The normalized spacial score (nSPS) is 11.3. The first-order chi connectivity index (χ1) is 9.08. The summed E-state index contributed by atoms with van der Waals surface area (Å²) in [6, 6.07) is 12.6. The Morgan fingerprint density at radius 2 is 1.75 bits per heavy atom. The molecule has 2 rings (SSSR count). The number of anilines is 1. The van der Waals surface area contributed by atoms with Crippen LogP contribution in [0.3, 0.4) is 0 Å². The number of rotatable bonds is 4. The molecule has 0 aromatic heterocycles. The molecule has 0 heterocycles. The van der Waals surface area contributed by atoms with E-state index in [1.807, 2.05) is 6.07 Å². The summed E-state index contributed by atoms with van der Waals surface area (Å²) in [6.07, 6.45) is 0. The third-order valence-corrected chi connectivity index (χ3v) is 3.15. The fraction of sp³-hybridized carbons (Fsp3) is 0.0714. The Bertz CT molecular complexity index is 593. The van der Waals surface area contributed by atoms with Gasteiger partial charge in [0.05, 0.1) is 22.7 Å². The van der Waals surface area contributed by atoms with Crippen LogP contribution in [0.1, 0.15) is 11.6 Å². The van der Waals surface area contributed by atoms with Crippen LogP contribution in [0.4, 0.5) is 5.69 Å². The van der Waals surface area contributed by atoms with Crippen LogP contribution < -0.4 is 40.0 Å². The topological polar surface area (TPSA) is 52.2 Å². The zero-order valence-corrected chi connectivity index (χ0v) is 14.3. The Morgan fingerprint density at radius 3 is 2.30 bits per heavy atom. The van der Waals surface area contributed by atoms with E-state index in [-0.39, 0.29) is 29.6 Å². The Morgan fingerprint density at radius 1 is 1.10 bits per heavy atom. The van der Waals surface area contributed by atoms with Crippen molar-refractivity contribution in [3.8, 4) is 0 Å². The first kappa shape index (κ1) is 17.3. The van der Waals surface area contributed by atoms with Gasteiger partial charge >= 0.3 is 29.6 Å². The van der Waals surface area contributed by atoms with Crippen molar-refractivity contribution in [3.05, 3.63) is 64.1 Å². The molecule has 0 aliphatic rings. The Hall–Kier alpha value is -0.710. The maximum absolute atomic E-state index is 11.2. The van der Waals surface area contributed by atoms with Crippen molar-refractivity contribution in [3.63, 3.8) is 0 Å². The fourth-order valence-corrected chi connectivity index (χ4v) is 2.15. The number of carboxylic acids is 1. The minimum atomic E-state index is -1.22. The second-order valence-electron chi connectivity index (χ2n) is 3.93. The molecule has 3 nitrogen and oxygen atoms in total. The quantitative estimate of drug-likeness (QED) is 0.801. The molecule has 98 valence electrons. The maximum Gasteiger partial charge on any atom is 1.00 e. The molecule has 2 aromatic rings. The van der Waals surface area contributed by atoms with E-state index >= 15 is 0 Å². The first-order valence-electron chi connectivity index (χ1n) is 5.55. The molecule has 1 unspecified atom stereocenters. The Kier molecular flexibility index (Phi) is 6.86. The van der Waals surface area contributed by atoms with Gasteiger partial charge in [-0.2, -0.15) is 0 Å². The summed E-state index contributed by atoms with van der Waals surface area (Å²) >= 11 is 11.8. The van der Waals surface area contributed by atoms with E-state index in [0.29, 0.717) is 21.3 Å². The number of hydrogen-bond acceptors (Lipinski definition) is 3. The smallest absolute Gasteiger partial charge is 0.548 e. The van der Waals surface area contributed by atoms with Crippen LogP contribution >= 0.6 is 23.2 Å². The minimum Gasteiger partial charge on any atom is -0.548 e. The standard InChI is InChI=1S/C14H11Cl2NO2.Na/c15-10-6-7-12(11(16)8-10)17-13(14(18)19)9-4-2-1-3-5-9;/h1-8,13,17H,(H,18,19);/q;+1/p-1. The molecule has 0 saturated heterocycles. The van der Waals surface area contributed by atoms with Crippen LogP contribution in [-0.2, 0) is 4.79 Å². The van der Waals surface area contributed by atoms with E-state index in [1.54, 1.807) is 42.5 Å². The fourth-order valence-electron chi connectivity index (χ4n) is 1.69. The van der Waals surface area contributed by atoms with Gasteiger partial charge in [0, 0.05) is 5.02 Å². The number of aliphatic carboxylic acids is 1. The minimum absolute atomic E-state index is 0. The summed E-state index contributed by atoms with van der Waals surface area (Å²) in [5, 5.41) is 14.9. The molecule has 1 atom stereocenters. The number of carboxylic acid groups (broad SMARTS) is 1. The van der Waals surface area contributed by atoms with Crippen molar-refractivity contribution in [2.45, 2.75) is 6.04 Å². The first-order valence-corrected chi connectivity index (χ1v) is 6.31. The van der Waals surface area contributed by atoms with Gasteiger partial charge < -0.3 is 15.2 Å². The number of carbonyl (C=O) groups excluding carboxylic acids is 1. The maximum atomic E-state index is 11.2. The molecule has 0 saturated carbocycles. The Balaban J connectivity index is 0.00000200. The molecule has 0 spiro atoms. The summed E-state index contributed by atoms with van der Waals surface area (Å²) < 4.78 is 0. The van der Waals surface area contributed by atoms with Gasteiger partial charge in [0.1, 0.15) is 0 Å². The molecule has 1 N–H and O–H groups in total. The number of benzene rings is 2. The van der Waals surface area contributed by atoms with E-state index in [2.05, 4.69) is 5.32 Å². The molecule has 2 aromatic carbocycles. The van der Waals surface area contributed by atoms with Gasteiger partial charge in [0.25, 0.3) is 0 Å². The Labute approximate surface area is 149 Å². The van der Waals surface area contributed by atoms with Gasteiger partial charge in [-0.1, -0.05) is 53.5 Å². The predicted molar refractivity (Wildman–Crippen MR) is 74.3 cm³/mol. The zero-order valence-electron chi connectivity index (χ0n) is 10.8. The van der Waals surface area contributed by atoms with Crippen LogP contribution in [-0.4, -0.2) is 5.97 Å².